The largest absolute Gasteiger partial charge is 0.465 e. The molecule has 0 aliphatic heterocycles. The molecule has 1 amide bonds. The molecule has 0 aliphatic carbocycles. The van der Waals surface area contributed by atoms with Crippen LogP contribution in [0.4, 0.5) is 5.69 Å². The van der Waals surface area contributed by atoms with Crippen molar-refractivity contribution >= 4 is 45.2 Å². The van der Waals surface area contributed by atoms with Crippen molar-refractivity contribution in [2.75, 3.05) is 19.0 Å². The maximum atomic E-state index is 12.3. The number of ether oxygens (including phenoxy) is 2. The van der Waals surface area contributed by atoms with E-state index in [1.54, 1.807) is 35.0 Å². The van der Waals surface area contributed by atoms with E-state index in [0.29, 0.717) is 22.2 Å². The van der Waals surface area contributed by atoms with Crippen molar-refractivity contribution < 1.29 is 23.9 Å². The zero-order valence-corrected chi connectivity index (χ0v) is 16.8. The molecule has 156 valence electrons. The van der Waals surface area contributed by atoms with Crippen LogP contribution in [0.3, 0.4) is 0 Å². The van der Waals surface area contributed by atoms with Crippen molar-refractivity contribution in [2.45, 2.75) is 6.54 Å². The predicted molar refractivity (Wildman–Crippen MR) is 117 cm³/mol. The van der Waals surface area contributed by atoms with Crippen LogP contribution in [0.2, 0.25) is 0 Å². The molecule has 0 spiro atoms. The molecule has 4 aromatic rings. The molecule has 0 saturated heterocycles. The van der Waals surface area contributed by atoms with Gasteiger partial charge >= 0.3 is 11.9 Å². The molecule has 1 N–H and O–H groups in total. The van der Waals surface area contributed by atoms with Gasteiger partial charge in [-0.2, -0.15) is 0 Å². The number of anilines is 1. The van der Waals surface area contributed by atoms with Gasteiger partial charge in [0, 0.05) is 22.8 Å². The lowest BCUT2D eigenvalue weighted by molar-refractivity contribution is -0.147. The third kappa shape index (κ3) is 4.40. The zero-order chi connectivity index (χ0) is 21.8. The number of benzene rings is 3. The van der Waals surface area contributed by atoms with Crippen molar-refractivity contribution in [3.8, 4) is 0 Å². The van der Waals surface area contributed by atoms with Crippen molar-refractivity contribution in [3.05, 3.63) is 78.5 Å². The van der Waals surface area contributed by atoms with Crippen LogP contribution in [0.15, 0.2) is 72.9 Å². The highest BCUT2D eigenvalue weighted by Crippen LogP contribution is 2.22. The van der Waals surface area contributed by atoms with Gasteiger partial charge in [-0.1, -0.05) is 48.5 Å². The van der Waals surface area contributed by atoms with Gasteiger partial charge in [0.25, 0.3) is 5.91 Å². The van der Waals surface area contributed by atoms with Crippen molar-refractivity contribution in [1.29, 1.82) is 0 Å². The summed E-state index contributed by atoms with van der Waals surface area (Å²) in [5, 5.41) is 5.47. The quantitative estimate of drug-likeness (QED) is 0.484. The maximum Gasteiger partial charge on any atom is 0.340 e. The minimum absolute atomic E-state index is 0.138. The number of carbonyl (C=O) groups excluding carboxylic acids is 3. The van der Waals surface area contributed by atoms with Gasteiger partial charge in [-0.25, -0.2) is 4.79 Å². The summed E-state index contributed by atoms with van der Waals surface area (Å²) in [6.45, 7) is -0.546. The van der Waals surface area contributed by atoms with Gasteiger partial charge in [0.2, 0.25) is 0 Å². The van der Waals surface area contributed by atoms with E-state index in [9.17, 15) is 14.4 Å². The first-order valence-corrected chi connectivity index (χ1v) is 9.65. The Morgan fingerprint density at radius 3 is 2.48 bits per heavy atom. The van der Waals surface area contributed by atoms with Gasteiger partial charge in [-0.3, -0.25) is 9.59 Å². The number of hydrogen-bond donors (Lipinski definition) is 1. The summed E-state index contributed by atoms with van der Waals surface area (Å²) in [5.74, 6) is -1.51. The Hall–Kier alpha value is -4.13. The Labute approximate surface area is 178 Å². The topological polar surface area (TPSA) is 86.6 Å². The van der Waals surface area contributed by atoms with Crippen LogP contribution in [-0.2, 0) is 25.6 Å². The molecule has 1 aromatic heterocycles. The van der Waals surface area contributed by atoms with Gasteiger partial charge in [-0.05, 0) is 29.0 Å². The van der Waals surface area contributed by atoms with Crippen LogP contribution in [0.5, 0.6) is 0 Å². The van der Waals surface area contributed by atoms with Crippen molar-refractivity contribution in [2.24, 2.45) is 0 Å². The lowest BCUT2D eigenvalue weighted by Gasteiger charge is -2.08. The SMILES string of the molecule is COC(=O)c1cn(CC(=O)OCC(=O)Nc2ccc3ccccc3c2)c2ccccc12. The Kier molecular flexibility index (Phi) is 5.66. The molecule has 0 bridgehead atoms. The summed E-state index contributed by atoms with van der Waals surface area (Å²) >= 11 is 0. The monoisotopic (exact) mass is 416 g/mol. The third-order valence-corrected chi connectivity index (χ3v) is 4.89. The first-order chi connectivity index (χ1) is 15.0. The van der Waals surface area contributed by atoms with Crippen LogP contribution < -0.4 is 5.32 Å². The molecule has 0 radical (unpaired) electrons. The van der Waals surface area contributed by atoms with E-state index < -0.39 is 24.5 Å². The second kappa shape index (κ2) is 8.71. The van der Waals surface area contributed by atoms with Crippen LogP contribution in [0, 0.1) is 0 Å². The Morgan fingerprint density at radius 1 is 0.935 bits per heavy atom. The molecule has 31 heavy (non-hydrogen) atoms. The fraction of sp³-hybridized carbons (Fsp3) is 0.125. The number of esters is 2. The average molecular weight is 416 g/mol. The summed E-state index contributed by atoms with van der Waals surface area (Å²) in [4.78, 5) is 36.5. The summed E-state index contributed by atoms with van der Waals surface area (Å²) in [6.07, 6.45) is 1.55. The van der Waals surface area contributed by atoms with Gasteiger partial charge < -0.3 is 19.4 Å². The van der Waals surface area contributed by atoms with E-state index >= 15 is 0 Å². The number of nitrogens with one attached hydrogen (secondary N) is 1. The van der Waals surface area contributed by atoms with Gasteiger partial charge in [0.1, 0.15) is 6.54 Å². The van der Waals surface area contributed by atoms with Gasteiger partial charge in [0.05, 0.1) is 12.7 Å². The highest BCUT2D eigenvalue weighted by atomic mass is 16.5. The number of nitrogens with zero attached hydrogens (tertiary/aromatic N) is 1. The smallest absolute Gasteiger partial charge is 0.340 e. The number of fused-ring (bicyclic) bond motifs is 2. The molecule has 0 unspecified atom stereocenters. The number of aromatic nitrogens is 1. The predicted octanol–water partition coefficient (Wildman–Crippen LogP) is 3.76. The van der Waals surface area contributed by atoms with E-state index in [4.69, 9.17) is 9.47 Å². The molecule has 4 rings (SSSR count). The molecular weight excluding hydrogens is 396 g/mol. The second-order valence-corrected chi connectivity index (χ2v) is 6.95. The number of hydrogen-bond acceptors (Lipinski definition) is 5. The lowest BCUT2D eigenvalue weighted by atomic mass is 10.1. The molecule has 0 atom stereocenters. The number of methoxy groups -OCH3 is 1. The fourth-order valence-corrected chi connectivity index (χ4v) is 3.45. The van der Waals surface area contributed by atoms with Crippen LogP contribution in [-0.4, -0.2) is 36.1 Å². The molecule has 7 heteroatoms. The summed E-state index contributed by atoms with van der Waals surface area (Å²) in [5.41, 5.74) is 1.68. The first kappa shape index (κ1) is 20.2. The van der Waals surface area contributed by atoms with Gasteiger partial charge in [-0.15, -0.1) is 0 Å². The van der Waals surface area contributed by atoms with E-state index in [1.807, 2.05) is 42.5 Å². The van der Waals surface area contributed by atoms with Crippen LogP contribution in [0.25, 0.3) is 21.7 Å². The Balaban J connectivity index is 1.39. The van der Waals surface area contributed by atoms with Crippen molar-refractivity contribution in [3.63, 3.8) is 0 Å². The highest BCUT2D eigenvalue weighted by Gasteiger charge is 2.17. The maximum absolute atomic E-state index is 12.3. The number of para-hydroxylation sites is 1. The van der Waals surface area contributed by atoms with Crippen LogP contribution >= 0.6 is 0 Å². The molecule has 0 fully saturated rings. The summed E-state index contributed by atoms with van der Waals surface area (Å²) < 4.78 is 11.5. The molecule has 1 heterocycles. The van der Waals surface area contributed by atoms with E-state index in [-0.39, 0.29) is 6.54 Å². The molecule has 0 saturated carbocycles. The normalized spacial score (nSPS) is 10.7. The molecule has 3 aromatic carbocycles. The fourth-order valence-electron chi connectivity index (χ4n) is 3.45. The number of rotatable bonds is 6. The minimum Gasteiger partial charge on any atom is -0.465 e. The van der Waals surface area contributed by atoms with Gasteiger partial charge in [0.15, 0.2) is 6.61 Å². The Morgan fingerprint density at radius 2 is 1.68 bits per heavy atom. The van der Waals surface area contributed by atoms with E-state index in [0.717, 1.165) is 10.8 Å². The minimum atomic E-state index is -0.592. The first-order valence-electron chi connectivity index (χ1n) is 9.65. The van der Waals surface area contributed by atoms with Crippen LogP contribution in [0.1, 0.15) is 10.4 Å². The standard InChI is InChI=1S/C24H20N2O5/c1-30-24(29)20-13-26(21-9-5-4-8-19(20)21)14-23(28)31-15-22(27)25-18-11-10-16-6-2-3-7-17(16)12-18/h2-13H,14-15H2,1H3,(H,25,27). The zero-order valence-electron chi connectivity index (χ0n) is 16.8. The Bertz CT molecular complexity index is 1290. The summed E-state index contributed by atoms with van der Waals surface area (Å²) in [7, 11) is 1.30. The van der Waals surface area contributed by atoms with E-state index in [2.05, 4.69) is 5.32 Å². The number of amides is 1. The van der Waals surface area contributed by atoms with Crippen molar-refractivity contribution in [1.82, 2.24) is 4.57 Å². The van der Waals surface area contributed by atoms with E-state index in [1.165, 1.54) is 7.11 Å². The average Bonchev–Trinajstić information content (AvgIpc) is 3.15. The number of carbonyl (C=O) groups is 3. The second-order valence-electron chi connectivity index (χ2n) is 6.95. The molecular formula is C24H20N2O5. The molecule has 7 nitrogen and oxygen atoms in total. The molecule has 0 aliphatic rings. The highest BCUT2D eigenvalue weighted by molar-refractivity contribution is 6.04. The lowest BCUT2D eigenvalue weighted by Crippen LogP contribution is -2.22. The third-order valence-electron chi connectivity index (χ3n) is 4.89. The summed E-state index contributed by atoms with van der Waals surface area (Å²) in [6, 6.07) is 20.5.